The molecular weight excluding hydrogens is 380 g/mol. The zero-order valence-electron chi connectivity index (χ0n) is 16.2. The number of piperidine rings is 1. The average molecular weight is 403 g/mol. The molecule has 1 unspecified atom stereocenters. The van der Waals surface area contributed by atoms with Gasteiger partial charge in [-0.3, -0.25) is 4.90 Å². The lowest BCUT2D eigenvalue weighted by Crippen LogP contribution is -2.34. The number of likely N-dealkylation sites (tertiary alicyclic amines) is 1. The van der Waals surface area contributed by atoms with Crippen LogP contribution in [0.4, 0.5) is 0 Å². The van der Waals surface area contributed by atoms with Gasteiger partial charge in [-0.15, -0.1) is 0 Å². The van der Waals surface area contributed by atoms with Gasteiger partial charge in [-0.2, -0.15) is 0 Å². The Bertz CT molecular complexity index is 1140. The van der Waals surface area contributed by atoms with Gasteiger partial charge in [0.25, 0.3) is 0 Å². The quantitative estimate of drug-likeness (QED) is 0.479. The number of nitrogens with one attached hydrogen (secondary N) is 1. The van der Waals surface area contributed by atoms with E-state index in [9.17, 15) is 0 Å². The number of fused-ring (bicyclic) bond motifs is 1. The van der Waals surface area contributed by atoms with Crippen molar-refractivity contribution in [3.8, 4) is 11.1 Å². The third kappa shape index (κ3) is 3.66. The number of aromatic amines is 1. The summed E-state index contributed by atoms with van der Waals surface area (Å²) in [7, 11) is 0. The van der Waals surface area contributed by atoms with Crippen LogP contribution < -0.4 is 0 Å². The van der Waals surface area contributed by atoms with Crippen molar-refractivity contribution in [1.82, 2.24) is 19.9 Å². The van der Waals surface area contributed by atoms with E-state index in [2.05, 4.69) is 51.4 Å². The molecule has 0 radical (unpaired) electrons. The van der Waals surface area contributed by atoms with E-state index in [1.54, 1.807) is 6.33 Å². The Kier molecular flexibility index (Phi) is 5.04. The van der Waals surface area contributed by atoms with Crippen LogP contribution in [-0.2, 0) is 6.54 Å². The third-order valence-electron chi connectivity index (χ3n) is 5.87. The van der Waals surface area contributed by atoms with E-state index in [-0.39, 0.29) is 0 Å². The number of hydrogen-bond acceptors (Lipinski definition) is 3. The van der Waals surface area contributed by atoms with Crippen LogP contribution in [0.1, 0.15) is 30.0 Å². The number of aromatic nitrogens is 3. The number of nitrogens with zero attached hydrogens (tertiary/aromatic N) is 3. The molecule has 0 amide bonds. The molecule has 2 aromatic carbocycles. The lowest BCUT2D eigenvalue weighted by Gasteiger charge is -2.33. The van der Waals surface area contributed by atoms with Crippen LogP contribution in [0, 0.1) is 0 Å². The molecule has 2 aromatic heterocycles. The first-order valence-corrected chi connectivity index (χ1v) is 10.5. The fourth-order valence-corrected chi connectivity index (χ4v) is 4.71. The second kappa shape index (κ2) is 7.97. The molecule has 1 atom stereocenters. The highest BCUT2D eigenvalue weighted by Gasteiger charge is 2.26. The van der Waals surface area contributed by atoms with E-state index in [0.717, 1.165) is 47.9 Å². The molecule has 0 bridgehead atoms. The molecule has 3 heterocycles. The van der Waals surface area contributed by atoms with Crippen molar-refractivity contribution >= 4 is 22.5 Å². The molecule has 5 rings (SSSR count). The summed E-state index contributed by atoms with van der Waals surface area (Å²) in [6, 6.07) is 16.5. The van der Waals surface area contributed by atoms with E-state index < -0.39 is 0 Å². The topological polar surface area (TPSA) is 44.8 Å². The maximum atomic E-state index is 6.48. The summed E-state index contributed by atoms with van der Waals surface area (Å²) in [4.78, 5) is 14.9. The fourth-order valence-electron chi connectivity index (χ4n) is 4.48. The number of hydrogen-bond donors (Lipinski definition) is 1. The molecule has 1 saturated heterocycles. The van der Waals surface area contributed by atoms with Crippen molar-refractivity contribution < 1.29 is 0 Å². The largest absolute Gasteiger partial charge is 0.361 e. The second-order valence-electron chi connectivity index (χ2n) is 7.74. The predicted molar refractivity (Wildman–Crippen MR) is 118 cm³/mol. The lowest BCUT2D eigenvalue weighted by atomic mass is 9.89. The Labute approximate surface area is 175 Å². The van der Waals surface area contributed by atoms with Crippen LogP contribution in [-0.4, -0.2) is 32.9 Å². The van der Waals surface area contributed by atoms with Gasteiger partial charge in [0.15, 0.2) is 0 Å². The van der Waals surface area contributed by atoms with Crippen molar-refractivity contribution in [3.05, 3.63) is 83.5 Å². The number of para-hydroxylation sites is 1. The minimum absolute atomic E-state index is 0.378. The van der Waals surface area contributed by atoms with Crippen molar-refractivity contribution in [2.45, 2.75) is 25.3 Å². The Morgan fingerprint density at radius 1 is 1.07 bits per heavy atom. The number of halogens is 1. The molecule has 0 spiro atoms. The fraction of sp³-hybridized carbons (Fsp3) is 0.250. The first kappa shape index (κ1) is 18.3. The molecule has 1 aliphatic rings. The molecule has 0 aliphatic carbocycles. The highest BCUT2D eigenvalue weighted by molar-refractivity contribution is 6.33. The highest BCUT2D eigenvalue weighted by Crippen LogP contribution is 2.36. The zero-order chi connectivity index (χ0) is 19.6. The minimum atomic E-state index is 0.378. The van der Waals surface area contributed by atoms with Crippen LogP contribution in [0.15, 0.2) is 67.3 Å². The molecule has 1 aliphatic heterocycles. The number of benzene rings is 2. The molecule has 5 heteroatoms. The Morgan fingerprint density at radius 3 is 2.86 bits per heavy atom. The van der Waals surface area contributed by atoms with Gasteiger partial charge in [-0.25, -0.2) is 9.97 Å². The van der Waals surface area contributed by atoms with E-state index in [0.29, 0.717) is 5.92 Å². The highest BCUT2D eigenvalue weighted by atomic mass is 35.5. The maximum Gasteiger partial charge on any atom is 0.115 e. The second-order valence-corrected chi connectivity index (χ2v) is 8.14. The van der Waals surface area contributed by atoms with Crippen LogP contribution in [0.5, 0.6) is 0 Å². The Hall–Kier alpha value is -2.69. The monoisotopic (exact) mass is 402 g/mol. The maximum absolute atomic E-state index is 6.48. The SMILES string of the molecule is Clc1ccccc1-c1cncnc1C1CCCN(Cc2c[nH]c3ccccc23)C1. The van der Waals surface area contributed by atoms with Crippen LogP contribution >= 0.6 is 11.6 Å². The van der Waals surface area contributed by atoms with Crippen LogP contribution in [0.2, 0.25) is 5.02 Å². The van der Waals surface area contributed by atoms with Crippen molar-refractivity contribution in [1.29, 1.82) is 0 Å². The first-order chi connectivity index (χ1) is 14.3. The molecule has 146 valence electrons. The molecule has 29 heavy (non-hydrogen) atoms. The van der Waals surface area contributed by atoms with Gasteiger partial charge >= 0.3 is 0 Å². The number of H-pyrrole nitrogens is 1. The lowest BCUT2D eigenvalue weighted by molar-refractivity contribution is 0.199. The van der Waals surface area contributed by atoms with E-state index in [4.69, 9.17) is 16.6 Å². The summed E-state index contributed by atoms with van der Waals surface area (Å²) >= 11 is 6.48. The molecule has 4 nitrogen and oxygen atoms in total. The molecule has 0 saturated carbocycles. The van der Waals surface area contributed by atoms with Crippen molar-refractivity contribution in [2.24, 2.45) is 0 Å². The molecule has 1 fully saturated rings. The third-order valence-corrected chi connectivity index (χ3v) is 6.20. The van der Waals surface area contributed by atoms with Gasteiger partial charge in [0.1, 0.15) is 6.33 Å². The van der Waals surface area contributed by atoms with Gasteiger partial charge in [0, 0.05) is 58.5 Å². The van der Waals surface area contributed by atoms with Crippen LogP contribution in [0.3, 0.4) is 0 Å². The Morgan fingerprint density at radius 2 is 1.93 bits per heavy atom. The van der Waals surface area contributed by atoms with Crippen molar-refractivity contribution in [3.63, 3.8) is 0 Å². The number of rotatable bonds is 4. The smallest absolute Gasteiger partial charge is 0.115 e. The van der Waals surface area contributed by atoms with Crippen LogP contribution in [0.25, 0.3) is 22.0 Å². The van der Waals surface area contributed by atoms with Gasteiger partial charge < -0.3 is 4.98 Å². The molecular formula is C24H23ClN4. The van der Waals surface area contributed by atoms with Gasteiger partial charge in [-0.05, 0) is 37.1 Å². The minimum Gasteiger partial charge on any atom is -0.361 e. The summed E-state index contributed by atoms with van der Waals surface area (Å²) in [6.07, 6.45) is 8.02. The van der Waals surface area contributed by atoms with Gasteiger partial charge in [-0.1, -0.05) is 48.0 Å². The standard InChI is InChI=1S/C24H23ClN4/c25-22-9-3-1-8-20(22)21-13-26-16-28-24(21)17-6-5-11-29(14-17)15-18-12-27-23-10-4-2-7-19(18)23/h1-4,7-10,12-13,16-17,27H,5-6,11,14-15H2. The molecule has 4 aromatic rings. The molecule has 1 N–H and O–H groups in total. The zero-order valence-corrected chi connectivity index (χ0v) is 16.9. The summed E-state index contributed by atoms with van der Waals surface area (Å²) in [5, 5.41) is 2.06. The van der Waals surface area contributed by atoms with Gasteiger partial charge in [0.2, 0.25) is 0 Å². The van der Waals surface area contributed by atoms with E-state index in [1.165, 1.54) is 22.9 Å². The normalized spacial score (nSPS) is 17.6. The summed E-state index contributed by atoms with van der Waals surface area (Å²) in [5.41, 5.74) is 5.73. The first-order valence-electron chi connectivity index (χ1n) is 10.1. The van der Waals surface area contributed by atoms with Gasteiger partial charge in [0.05, 0.1) is 5.69 Å². The van der Waals surface area contributed by atoms with Crippen molar-refractivity contribution in [2.75, 3.05) is 13.1 Å². The summed E-state index contributed by atoms with van der Waals surface area (Å²) in [6.45, 7) is 3.06. The van der Waals surface area contributed by atoms with E-state index in [1.807, 2.05) is 24.4 Å². The Balaban J connectivity index is 1.41. The average Bonchev–Trinajstić information content (AvgIpc) is 3.17. The summed E-state index contributed by atoms with van der Waals surface area (Å²) in [5.74, 6) is 0.378. The summed E-state index contributed by atoms with van der Waals surface area (Å²) < 4.78 is 0. The predicted octanol–water partition coefficient (Wildman–Crippen LogP) is 5.66. The van der Waals surface area contributed by atoms with E-state index >= 15 is 0 Å².